The Labute approximate surface area is 142 Å². The van der Waals surface area contributed by atoms with Crippen molar-refractivity contribution < 1.29 is 23.9 Å². The Morgan fingerprint density at radius 2 is 1.72 bits per heavy atom. The van der Waals surface area contributed by atoms with Gasteiger partial charge < -0.3 is 10.1 Å². The Bertz CT molecular complexity index is 841. The molecule has 1 aromatic heterocycles. The highest BCUT2D eigenvalue weighted by molar-refractivity contribution is 6.22. The molecule has 2 heterocycles. The Morgan fingerprint density at radius 3 is 2.24 bits per heavy atom. The van der Waals surface area contributed by atoms with Crippen molar-refractivity contribution in [3.05, 3.63) is 59.3 Å². The third kappa shape index (κ3) is 3.09. The molecule has 1 N–H and O–H groups in total. The lowest BCUT2D eigenvalue weighted by Gasteiger charge is -2.13. The Balaban J connectivity index is 1.67. The van der Waals surface area contributed by atoms with Crippen LogP contribution in [0.5, 0.6) is 0 Å². The zero-order valence-electron chi connectivity index (χ0n) is 13.2. The normalized spacial score (nSPS) is 12.8. The summed E-state index contributed by atoms with van der Waals surface area (Å²) >= 11 is 0. The summed E-state index contributed by atoms with van der Waals surface area (Å²) in [7, 11) is 1.25. The predicted octanol–water partition coefficient (Wildman–Crippen LogP) is 1.10. The van der Waals surface area contributed by atoms with Gasteiger partial charge in [0.15, 0.2) is 0 Å². The molecular weight excluding hydrogens is 326 g/mol. The largest absolute Gasteiger partial charge is 0.465 e. The fourth-order valence-electron chi connectivity index (χ4n) is 2.42. The van der Waals surface area contributed by atoms with Crippen LogP contribution in [0.2, 0.25) is 0 Å². The lowest BCUT2D eigenvalue weighted by Crippen LogP contribution is -2.37. The second kappa shape index (κ2) is 6.52. The summed E-state index contributed by atoms with van der Waals surface area (Å²) in [6.07, 6.45) is 1.25. The number of fused-ring (bicyclic) bond motifs is 1. The van der Waals surface area contributed by atoms with Crippen molar-refractivity contribution in [2.24, 2.45) is 0 Å². The first-order valence-electron chi connectivity index (χ1n) is 7.30. The van der Waals surface area contributed by atoms with Gasteiger partial charge in [0, 0.05) is 6.20 Å². The molecular formula is C17H13N3O5. The van der Waals surface area contributed by atoms with Crippen LogP contribution < -0.4 is 5.32 Å². The van der Waals surface area contributed by atoms with Gasteiger partial charge in [0.2, 0.25) is 5.91 Å². The van der Waals surface area contributed by atoms with E-state index < -0.39 is 30.2 Å². The first-order valence-corrected chi connectivity index (χ1v) is 7.30. The summed E-state index contributed by atoms with van der Waals surface area (Å²) in [5.41, 5.74) is 0.794. The molecule has 0 aliphatic carbocycles. The molecule has 126 valence electrons. The summed E-state index contributed by atoms with van der Waals surface area (Å²) in [6, 6.07) is 9.25. The quantitative estimate of drug-likeness (QED) is 0.660. The third-order valence-electron chi connectivity index (χ3n) is 3.63. The number of methoxy groups -OCH3 is 1. The number of rotatable bonds is 4. The standard InChI is InChI=1S/C17H13N3O5/c1-25-17(24)10-6-7-13(18-8-10)19-14(21)9-20-15(22)11-4-2-3-5-12(11)16(20)23/h2-8H,9H2,1H3,(H,18,19,21). The number of amides is 3. The maximum Gasteiger partial charge on any atom is 0.339 e. The van der Waals surface area contributed by atoms with Crippen molar-refractivity contribution in [1.82, 2.24) is 9.88 Å². The number of anilines is 1. The van der Waals surface area contributed by atoms with E-state index in [2.05, 4.69) is 15.0 Å². The molecule has 0 radical (unpaired) electrons. The van der Waals surface area contributed by atoms with Crippen molar-refractivity contribution in [2.75, 3.05) is 19.0 Å². The number of hydrogen-bond donors (Lipinski definition) is 1. The van der Waals surface area contributed by atoms with Gasteiger partial charge in [0.25, 0.3) is 11.8 Å². The highest BCUT2D eigenvalue weighted by atomic mass is 16.5. The van der Waals surface area contributed by atoms with E-state index in [9.17, 15) is 19.2 Å². The average Bonchev–Trinajstić information content (AvgIpc) is 2.87. The lowest BCUT2D eigenvalue weighted by molar-refractivity contribution is -0.116. The molecule has 0 spiro atoms. The number of aromatic nitrogens is 1. The topological polar surface area (TPSA) is 106 Å². The van der Waals surface area contributed by atoms with E-state index in [0.717, 1.165) is 4.90 Å². The van der Waals surface area contributed by atoms with Crippen LogP contribution in [0.15, 0.2) is 42.6 Å². The predicted molar refractivity (Wildman–Crippen MR) is 86.0 cm³/mol. The molecule has 2 aromatic rings. The highest BCUT2D eigenvalue weighted by Crippen LogP contribution is 2.22. The first kappa shape index (κ1) is 16.3. The number of nitrogens with one attached hydrogen (secondary N) is 1. The van der Waals surface area contributed by atoms with Gasteiger partial charge in [-0.25, -0.2) is 9.78 Å². The summed E-state index contributed by atoms with van der Waals surface area (Å²) in [6.45, 7) is -0.424. The monoisotopic (exact) mass is 339 g/mol. The molecule has 8 heteroatoms. The van der Waals surface area contributed by atoms with Crippen molar-refractivity contribution >= 4 is 29.5 Å². The van der Waals surface area contributed by atoms with Crippen LogP contribution in [0, 0.1) is 0 Å². The maximum atomic E-state index is 12.2. The number of hydrogen-bond acceptors (Lipinski definition) is 6. The minimum Gasteiger partial charge on any atom is -0.465 e. The first-order chi connectivity index (χ1) is 12.0. The number of esters is 1. The number of nitrogens with zero attached hydrogens (tertiary/aromatic N) is 2. The fraction of sp³-hybridized carbons (Fsp3) is 0.118. The SMILES string of the molecule is COC(=O)c1ccc(NC(=O)CN2C(=O)c3ccccc3C2=O)nc1. The van der Waals surface area contributed by atoms with Gasteiger partial charge in [0.05, 0.1) is 23.8 Å². The molecule has 0 bridgehead atoms. The second-order valence-corrected chi connectivity index (χ2v) is 5.21. The zero-order valence-corrected chi connectivity index (χ0v) is 13.2. The summed E-state index contributed by atoms with van der Waals surface area (Å²) in [5, 5.41) is 2.47. The Hall–Kier alpha value is -3.55. The van der Waals surface area contributed by atoms with E-state index in [1.54, 1.807) is 24.3 Å². The molecule has 0 fully saturated rings. The minimum atomic E-state index is -0.576. The summed E-state index contributed by atoms with van der Waals surface area (Å²) < 4.78 is 4.55. The minimum absolute atomic E-state index is 0.189. The lowest BCUT2D eigenvalue weighted by atomic mass is 10.1. The van der Waals surface area contributed by atoms with Crippen LogP contribution in [0.4, 0.5) is 5.82 Å². The van der Waals surface area contributed by atoms with Crippen LogP contribution in [0.25, 0.3) is 0 Å². The molecule has 3 amide bonds. The van der Waals surface area contributed by atoms with Crippen molar-refractivity contribution in [3.63, 3.8) is 0 Å². The van der Waals surface area contributed by atoms with Gasteiger partial charge >= 0.3 is 5.97 Å². The van der Waals surface area contributed by atoms with Crippen LogP contribution in [-0.2, 0) is 9.53 Å². The molecule has 0 saturated carbocycles. The van der Waals surface area contributed by atoms with E-state index in [1.807, 2.05) is 0 Å². The van der Waals surface area contributed by atoms with E-state index in [1.165, 1.54) is 25.4 Å². The smallest absolute Gasteiger partial charge is 0.339 e. The number of benzene rings is 1. The average molecular weight is 339 g/mol. The van der Waals surface area contributed by atoms with Crippen molar-refractivity contribution in [2.45, 2.75) is 0 Å². The van der Waals surface area contributed by atoms with Gasteiger partial charge in [-0.15, -0.1) is 0 Å². The van der Waals surface area contributed by atoms with Gasteiger partial charge in [0.1, 0.15) is 12.4 Å². The molecule has 8 nitrogen and oxygen atoms in total. The molecule has 3 rings (SSSR count). The second-order valence-electron chi connectivity index (χ2n) is 5.21. The number of pyridine rings is 1. The third-order valence-corrected chi connectivity index (χ3v) is 3.63. The van der Waals surface area contributed by atoms with E-state index in [-0.39, 0.29) is 22.5 Å². The maximum absolute atomic E-state index is 12.2. The van der Waals surface area contributed by atoms with Gasteiger partial charge in [-0.2, -0.15) is 0 Å². The van der Waals surface area contributed by atoms with Crippen LogP contribution in [0.1, 0.15) is 31.1 Å². The summed E-state index contributed by atoms with van der Waals surface area (Å²) in [5.74, 6) is -1.95. The number of imide groups is 1. The van der Waals surface area contributed by atoms with E-state index in [4.69, 9.17) is 0 Å². The fourth-order valence-corrected chi connectivity index (χ4v) is 2.42. The molecule has 25 heavy (non-hydrogen) atoms. The van der Waals surface area contributed by atoms with E-state index in [0.29, 0.717) is 0 Å². The number of carbonyl (C=O) groups is 4. The molecule has 0 atom stereocenters. The number of carbonyl (C=O) groups excluding carboxylic acids is 4. The summed E-state index contributed by atoms with van der Waals surface area (Å²) in [4.78, 5) is 52.6. The van der Waals surface area contributed by atoms with Gasteiger partial charge in [-0.05, 0) is 24.3 Å². The van der Waals surface area contributed by atoms with Gasteiger partial charge in [-0.1, -0.05) is 12.1 Å². The molecule has 0 saturated heterocycles. The zero-order chi connectivity index (χ0) is 18.0. The number of ether oxygens (including phenoxy) is 1. The van der Waals surface area contributed by atoms with Crippen LogP contribution in [-0.4, -0.2) is 47.2 Å². The Morgan fingerprint density at radius 1 is 1.08 bits per heavy atom. The van der Waals surface area contributed by atoms with E-state index >= 15 is 0 Å². The van der Waals surface area contributed by atoms with Crippen molar-refractivity contribution in [1.29, 1.82) is 0 Å². The van der Waals surface area contributed by atoms with Crippen LogP contribution in [0.3, 0.4) is 0 Å². The van der Waals surface area contributed by atoms with Gasteiger partial charge in [-0.3, -0.25) is 19.3 Å². The molecule has 1 aromatic carbocycles. The molecule has 1 aliphatic rings. The molecule has 1 aliphatic heterocycles. The molecule has 0 unspecified atom stereocenters. The highest BCUT2D eigenvalue weighted by Gasteiger charge is 2.36. The van der Waals surface area contributed by atoms with Crippen molar-refractivity contribution in [3.8, 4) is 0 Å². The van der Waals surface area contributed by atoms with Crippen LogP contribution >= 0.6 is 0 Å². The Kier molecular flexibility index (Phi) is 4.25.